The molecule has 0 fully saturated rings. The van der Waals surface area contributed by atoms with E-state index in [9.17, 15) is 14.2 Å². The van der Waals surface area contributed by atoms with Crippen LogP contribution in [0, 0.1) is 0 Å². The maximum absolute atomic E-state index is 12.4. The van der Waals surface area contributed by atoms with Crippen molar-refractivity contribution in [3.05, 3.63) is 0 Å². The molecule has 0 aliphatic rings. The highest BCUT2D eigenvalue weighted by Gasteiger charge is 2.23. The van der Waals surface area contributed by atoms with Crippen LogP contribution in [0.3, 0.4) is 0 Å². The van der Waals surface area contributed by atoms with Gasteiger partial charge in [0.25, 0.3) is 0 Å². The molecule has 54 heavy (non-hydrogen) atoms. The summed E-state index contributed by atoms with van der Waals surface area (Å²) in [5.41, 5.74) is 0. The van der Waals surface area contributed by atoms with Crippen molar-refractivity contribution in [3.63, 3.8) is 0 Å². The Hall–Kier alpha value is -0.950. The first-order valence-electron chi connectivity index (χ1n) is 23.3. The quantitative estimate of drug-likeness (QED) is 0.0356. The van der Waals surface area contributed by atoms with Gasteiger partial charge in [-0.25, -0.2) is 4.57 Å². The molecular formula is C45H89O8P. The number of hydrogen-bond acceptors (Lipinski definition) is 6. The van der Waals surface area contributed by atoms with Crippen LogP contribution in [0.1, 0.15) is 258 Å². The number of phosphoric ester groups is 1. The molecule has 0 aliphatic carbocycles. The predicted molar refractivity (Wildman–Crippen MR) is 226 cm³/mol. The zero-order valence-corrected chi connectivity index (χ0v) is 36.5. The van der Waals surface area contributed by atoms with Gasteiger partial charge < -0.3 is 19.3 Å². The summed E-state index contributed by atoms with van der Waals surface area (Å²) >= 11 is 0. The molecular weight excluding hydrogens is 699 g/mol. The summed E-state index contributed by atoms with van der Waals surface area (Å²) in [6.45, 7) is 3.72. The summed E-state index contributed by atoms with van der Waals surface area (Å²) in [6, 6.07) is 0. The van der Waals surface area contributed by atoms with E-state index in [0.717, 1.165) is 32.1 Å². The Morgan fingerprint density at radius 1 is 0.407 bits per heavy atom. The van der Waals surface area contributed by atoms with Crippen molar-refractivity contribution in [2.45, 2.75) is 264 Å². The largest absolute Gasteiger partial charge is 0.469 e. The molecule has 2 N–H and O–H groups in total. The van der Waals surface area contributed by atoms with E-state index in [0.29, 0.717) is 6.42 Å². The van der Waals surface area contributed by atoms with Crippen LogP contribution < -0.4 is 0 Å². The molecule has 1 atom stereocenters. The van der Waals surface area contributed by atoms with Crippen molar-refractivity contribution < 1.29 is 37.9 Å². The fraction of sp³-hybridized carbons (Fsp3) is 0.956. The second-order valence-corrected chi connectivity index (χ2v) is 17.3. The Kier molecular flexibility index (Phi) is 40.9. The summed E-state index contributed by atoms with van der Waals surface area (Å²) in [4.78, 5) is 42.9. The van der Waals surface area contributed by atoms with Crippen molar-refractivity contribution in [1.29, 1.82) is 0 Å². The van der Waals surface area contributed by atoms with E-state index >= 15 is 0 Å². The van der Waals surface area contributed by atoms with E-state index in [1.54, 1.807) is 0 Å². The van der Waals surface area contributed by atoms with Crippen LogP contribution in [0.15, 0.2) is 0 Å². The monoisotopic (exact) mass is 789 g/mol. The van der Waals surface area contributed by atoms with E-state index in [2.05, 4.69) is 18.4 Å². The SMILES string of the molecule is CCCCCCCCCCCCCCCCCCCCCCCCCCC(=O)OC(COC(=O)CCCCCCCCCCCCCC)COP(=O)(O)O. The minimum Gasteiger partial charge on any atom is -0.462 e. The lowest BCUT2D eigenvalue weighted by Gasteiger charge is -2.18. The first kappa shape index (κ1) is 53.0. The van der Waals surface area contributed by atoms with Gasteiger partial charge in [0.2, 0.25) is 0 Å². The molecule has 0 aliphatic heterocycles. The normalized spacial score (nSPS) is 12.3. The Bertz CT molecular complexity index is 848. The number of ether oxygens (including phenoxy) is 2. The van der Waals surface area contributed by atoms with Gasteiger partial charge >= 0.3 is 19.8 Å². The first-order valence-corrected chi connectivity index (χ1v) is 24.9. The summed E-state index contributed by atoms with van der Waals surface area (Å²) in [5.74, 6) is -0.866. The average Bonchev–Trinajstić information content (AvgIpc) is 3.14. The zero-order chi connectivity index (χ0) is 39.6. The standard InChI is InChI=1S/C45H89O8P/c1-3-5-7-9-11-13-15-17-18-19-20-21-22-23-24-25-26-27-28-30-32-34-36-38-40-45(47)53-43(42-52-54(48,49)50)41-51-44(46)39-37-35-33-31-29-16-14-12-10-8-6-4-2/h43H,3-42H2,1-2H3,(H2,48,49,50). The average molecular weight is 789 g/mol. The molecule has 0 aromatic carbocycles. The molecule has 0 rings (SSSR count). The van der Waals surface area contributed by atoms with Gasteiger partial charge in [-0.3, -0.25) is 14.1 Å². The summed E-state index contributed by atoms with van der Waals surface area (Å²) in [5, 5.41) is 0. The van der Waals surface area contributed by atoms with Crippen molar-refractivity contribution >= 4 is 19.8 Å². The fourth-order valence-corrected chi connectivity index (χ4v) is 7.50. The summed E-state index contributed by atoms with van der Waals surface area (Å²) in [6.07, 6.45) is 45.6. The van der Waals surface area contributed by atoms with Crippen molar-refractivity contribution in [2.24, 2.45) is 0 Å². The zero-order valence-electron chi connectivity index (χ0n) is 35.7. The van der Waals surface area contributed by atoms with Crippen LogP contribution in [0.2, 0.25) is 0 Å². The topological polar surface area (TPSA) is 119 Å². The van der Waals surface area contributed by atoms with E-state index in [1.807, 2.05) is 0 Å². The van der Waals surface area contributed by atoms with Crippen LogP contribution in [0.25, 0.3) is 0 Å². The molecule has 8 nitrogen and oxygen atoms in total. The molecule has 0 saturated carbocycles. The van der Waals surface area contributed by atoms with Gasteiger partial charge in [-0.1, -0.05) is 232 Å². The third-order valence-electron chi connectivity index (χ3n) is 10.6. The Morgan fingerprint density at radius 3 is 0.944 bits per heavy atom. The molecule has 9 heteroatoms. The number of unbranched alkanes of at least 4 members (excludes halogenated alkanes) is 34. The molecule has 0 bridgehead atoms. The van der Waals surface area contributed by atoms with Crippen LogP contribution in [0.5, 0.6) is 0 Å². The van der Waals surface area contributed by atoms with Crippen LogP contribution in [-0.2, 0) is 28.2 Å². The fourth-order valence-electron chi connectivity index (χ4n) is 7.14. The van der Waals surface area contributed by atoms with Crippen LogP contribution >= 0.6 is 7.82 Å². The maximum atomic E-state index is 12.4. The van der Waals surface area contributed by atoms with E-state index < -0.39 is 32.5 Å². The van der Waals surface area contributed by atoms with Gasteiger partial charge in [0.1, 0.15) is 6.61 Å². The molecule has 1 unspecified atom stereocenters. The van der Waals surface area contributed by atoms with Crippen molar-refractivity contribution in [2.75, 3.05) is 13.2 Å². The van der Waals surface area contributed by atoms with Gasteiger partial charge in [0, 0.05) is 12.8 Å². The lowest BCUT2D eigenvalue weighted by molar-refractivity contribution is -0.161. The van der Waals surface area contributed by atoms with Crippen LogP contribution in [-0.4, -0.2) is 41.0 Å². The summed E-state index contributed by atoms with van der Waals surface area (Å²) < 4.78 is 26.4. The second kappa shape index (κ2) is 41.7. The van der Waals surface area contributed by atoms with Crippen molar-refractivity contribution in [1.82, 2.24) is 0 Å². The highest BCUT2D eigenvalue weighted by molar-refractivity contribution is 7.46. The van der Waals surface area contributed by atoms with Crippen molar-refractivity contribution in [3.8, 4) is 0 Å². The number of rotatable bonds is 44. The number of hydrogen-bond donors (Lipinski definition) is 2. The molecule has 0 spiro atoms. The minimum absolute atomic E-state index is 0.221. The summed E-state index contributed by atoms with van der Waals surface area (Å²) in [7, 11) is -4.75. The van der Waals surface area contributed by atoms with E-state index in [4.69, 9.17) is 19.3 Å². The Labute approximate surface area is 334 Å². The van der Waals surface area contributed by atoms with E-state index in [-0.39, 0.29) is 19.4 Å². The smallest absolute Gasteiger partial charge is 0.462 e. The lowest BCUT2D eigenvalue weighted by atomic mass is 10.0. The highest BCUT2D eigenvalue weighted by atomic mass is 31.2. The van der Waals surface area contributed by atoms with Gasteiger partial charge in [-0.2, -0.15) is 0 Å². The third kappa shape index (κ3) is 43.8. The Morgan fingerprint density at radius 2 is 0.667 bits per heavy atom. The molecule has 322 valence electrons. The van der Waals surface area contributed by atoms with Crippen LogP contribution in [0.4, 0.5) is 0 Å². The molecule has 0 heterocycles. The third-order valence-corrected chi connectivity index (χ3v) is 11.1. The molecule has 0 saturated heterocycles. The number of carbonyl (C=O) groups is 2. The van der Waals surface area contributed by atoms with Gasteiger partial charge in [0.15, 0.2) is 6.10 Å². The second-order valence-electron chi connectivity index (χ2n) is 16.1. The first-order chi connectivity index (χ1) is 26.3. The maximum Gasteiger partial charge on any atom is 0.469 e. The van der Waals surface area contributed by atoms with Gasteiger partial charge in [-0.15, -0.1) is 0 Å². The predicted octanol–water partition coefficient (Wildman–Crippen LogP) is 14.4. The number of esters is 2. The molecule has 0 radical (unpaired) electrons. The number of carbonyl (C=O) groups excluding carboxylic acids is 2. The Balaban J connectivity index is 3.74. The number of phosphoric acid groups is 1. The van der Waals surface area contributed by atoms with E-state index in [1.165, 1.54) is 193 Å². The van der Waals surface area contributed by atoms with Gasteiger partial charge in [-0.05, 0) is 12.8 Å². The molecule has 0 aromatic heterocycles. The lowest BCUT2D eigenvalue weighted by Crippen LogP contribution is -2.29. The van der Waals surface area contributed by atoms with Gasteiger partial charge in [0.05, 0.1) is 6.61 Å². The molecule has 0 amide bonds. The minimum atomic E-state index is -4.75. The highest BCUT2D eigenvalue weighted by Crippen LogP contribution is 2.36. The molecule has 0 aromatic rings.